The molecule has 0 saturated carbocycles. The monoisotopic (exact) mass is 386 g/mol. The second-order valence-electron chi connectivity index (χ2n) is 4.71. The Balaban J connectivity index is 0.00000324. The van der Waals surface area contributed by atoms with Crippen LogP contribution in [0.25, 0.3) is 0 Å². The molecule has 0 aromatic heterocycles. The smallest absolute Gasteiger partial charge is 0.191 e. The fourth-order valence-corrected chi connectivity index (χ4v) is 1.92. The average Bonchev–Trinajstić information content (AvgIpc) is 2.35. The molecule has 0 amide bonds. The highest BCUT2D eigenvalue weighted by atomic mass is 127. The van der Waals surface area contributed by atoms with Crippen molar-refractivity contribution in [2.24, 2.45) is 4.99 Å². The van der Waals surface area contributed by atoms with Gasteiger partial charge in [-0.05, 0) is 14.0 Å². The van der Waals surface area contributed by atoms with Crippen LogP contribution >= 0.6 is 24.0 Å². The number of hydrogen-bond donors (Lipinski definition) is 2. The van der Waals surface area contributed by atoms with Gasteiger partial charge in [-0.2, -0.15) is 0 Å². The summed E-state index contributed by atoms with van der Waals surface area (Å²) in [5.41, 5.74) is 0. The second-order valence-corrected chi connectivity index (χ2v) is 4.71. The molecule has 0 radical (unpaired) electrons. The van der Waals surface area contributed by atoms with E-state index in [0.29, 0.717) is 6.61 Å². The van der Waals surface area contributed by atoms with Gasteiger partial charge in [-0.15, -0.1) is 24.0 Å². The Morgan fingerprint density at radius 1 is 1.58 bits per heavy atom. The molecule has 1 fully saturated rings. The lowest BCUT2D eigenvalue weighted by Crippen LogP contribution is -2.50. The lowest BCUT2D eigenvalue weighted by Gasteiger charge is -2.30. The number of rotatable bonds is 5. The predicted octanol–water partition coefficient (Wildman–Crippen LogP) is 0.135. The Hall–Kier alpha value is -0.120. The molecule has 1 heterocycles. The predicted molar refractivity (Wildman–Crippen MR) is 88.5 cm³/mol. The molecule has 114 valence electrons. The van der Waals surface area contributed by atoms with Gasteiger partial charge in [-0.1, -0.05) is 0 Å². The number of nitrogens with zero attached hydrogens (tertiary/aromatic N) is 2. The van der Waals surface area contributed by atoms with E-state index >= 15 is 0 Å². The van der Waals surface area contributed by atoms with Crippen LogP contribution in [0.15, 0.2) is 4.99 Å². The van der Waals surface area contributed by atoms with Crippen LogP contribution < -0.4 is 10.6 Å². The number of morpholine rings is 1. The van der Waals surface area contributed by atoms with E-state index in [2.05, 4.69) is 34.5 Å². The van der Waals surface area contributed by atoms with E-state index in [1.165, 1.54) is 0 Å². The van der Waals surface area contributed by atoms with Crippen LogP contribution in [0.5, 0.6) is 0 Å². The second kappa shape index (κ2) is 10.6. The molecule has 0 aromatic rings. The third kappa shape index (κ3) is 7.91. The van der Waals surface area contributed by atoms with Crippen molar-refractivity contribution >= 4 is 29.9 Å². The van der Waals surface area contributed by atoms with Crippen LogP contribution in [-0.4, -0.2) is 77.1 Å². The Bertz CT molecular complexity index is 266. The lowest BCUT2D eigenvalue weighted by molar-refractivity contribution is -0.0161. The van der Waals surface area contributed by atoms with Crippen molar-refractivity contribution < 1.29 is 9.47 Å². The molecule has 2 N–H and O–H groups in total. The van der Waals surface area contributed by atoms with E-state index in [1.54, 1.807) is 14.2 Å². The van der Waals surface area contributed by atoms with E-state index in [0.717, 1.165) is 32.2 Å². The number of aliphatic imine (C=N–C) groups is 1. The van der Waals surface area contributed by atoms with Crippen molar-refractivity contribution in [2.75, 3.05) is 54.1 Å². The highest BCUT2D eigenvalue weighted by Gasteiger charge is 2.17. The summed E-state index contributed by atoms with van der Waals surface area (Å²) in [6.07, 6.45) is 0.222. The molecular formula is C12H27IN4O2. The first-order valence-electron chi connectivity index (χ1n) is 6.42. The van der Waals surface area contributed by atoms with Crippen LogP contribution in [0.2, 0.25) is 0 Å². The number of ether oxygens (including phenoxy) is 2. The van der Waals surface area contributed by atoms with Crippen LogP contribution in [0.1, 0.15) is 6.92 Å². The zero-order valence-electron chi connectivity index (χ0n) is 12.3. The normalized spacial score (nSPS) is 22.5. The third-order valence-electron chi connectivity index (χ3n) is 2.86. The van der Waals surface area contributed by atoms with Gasteiger partial charge in [0.1, 0.15) is 0 Å². The summed E-state index contributed by atoms with van der Waals surface area (Å²) < 4.78 is 10.8. The van der Waals surface area contributed by atoms with E-state index in [1.807, 2.05) is 0 Å². The largest absolute Gasteiger partial charge is 0.383 e. The number of hydrogen-bond acceptors (Lipinski definition) is 4. The maximum Gasteiger partial charge on any atom is 0.191 e. The Kier molecular flexibility index (Phi) is 10.6. The standard InChI is InChI=1S/C12H26N4O2.HI/c1-10(9-17-4)15-12(13-2)14-7-11-8-16(3)5-6-18-11;/h10-11H,5-9H2,1-4H3,(H2,13,14,15);1H. The van der Waals surface area contributed by atoms with Gasteiger partial charge in [0, 0.05) is 39.8 Å². The Morgan fingerprint density at radius 3 is 2.89 bits per heavy atom. The van der Waals surface area contributed by atoms with Crippen molar-refractivity contribution in [3.05, 3.63) is 0 Å². The van der Waals surface area contributed by atoms with Crippen molar-refractivity contribution in [1.29, 1.82) is 0 Å². The van der Waals surface area contributed by atoms with Crippen LogP contribution in [-0.2, 0) is 9.47 Å². The van der Waals surface area contributed by atoms with Crippen LogP contribution in [0.3, 0.4) is 0 Å². The number of nitrogens with one attached hydrogen (secondary N) is 2. The highest BCUT2D eigenvalue weighted by molar-refractivity contribution is 14.0. The maximum absolute atomic E-state index is 5.68. The summed E-state index contributed by atoms with van der Waals surface area (Å²) >= 11 is 0. The third-order valence-corrected chi connectivity index (χ3v) is 2.86. The quantitative estimate of drug-likeness (QED) is 0.400. The molecule has 7 heteroatoms. The van der Waals surface area contributed by atoms with Gasteiger partial charge in [-0.25, -0.2) is 0 Å². The number of methoxy groups -OCH3 is 1. The number of guanidine groups is 1. The van der Waals surface area contributed by atoms with E-state index in [4.69, 9.17) is 9.47 Å². The van der Waals surface area contributed by atoms with Gasteiger partial charge in [0.15, 0.2) is 5.96 Å². The molecule has 6 nitrogen and oxygen atoms in total. The molecule has 2 atom stereocenters. The summed E-state index contributed by atoms with van der Waals surface area (Å²) in [4.78, 5) is 6.46. The SMILES string of the molecule is CN=C(NCC1CN(C)CCO1)NC(C)COC.I. The Labute approximate surface area is 133 Å². The molecule has 0 spiro atoms. The molecule has 1 aliphatic rings. The molecule has 0 aliphatic carbocycles. The van der Waals surface area contributed by atoms with E-state index < -0.39 is 0 Å². The molecule has 1 saturated heterocycles. The van der Waals surface area contributed by atoms with E-state index in [-0.39, 0.29) is 36.1 Å². The van der Waals surface area contributed by atoms with Crippen molar-refractivity contribution in [3.8, 4) is 0 Å². The fraction of sp³-hybridized carbons (Fsp3) is 0.917. The zero-order valence-corrected chi connectivity index (χ0v) is 14.6. The molecule has 1 aliphatic heterocycles. The van der Waals surface area contributed by atoms with Gasteiger partial charge in [0.05, 0.1) is 19.3 Å². The minimum absolute atomic E-state index is 0. The Morgan fingerprint density at radius 2 is 2.32 bits per heavy atom. The summed E-state index contributed by atoms with van der Waals surface area (Å²) in [6.45, 7) is 6.25. The van der Waals surface area contributed by atoms with Gasteiger partial charge >= 0.3 is 0 Å². The molecule has 0 bridgehead atoms. The number of likely N-dealkylation sites (N-methyl/N-ethyl adjacent to an activating group) is 1. The summed E-state index contributed by atoms with van der Waals surface area (Å²) in [5.74, 6) is 0.788. The molecular weight excluding hydrogens is 359 g/mol. The van der Waals surface area contributed by atoms with Crippen LogP contribution in [0.4, 0.5) is 0 Å². The maximum atomic E-state index is 5.68. The minimum Gasteiger partial charge on any atom is -0.383 e. The van der Waals surface area contributed by atoms with Crippen molar-refractivity contribution in [2.45, 2.75) is 19.1 Å². The van der Waals surface area contributed by atoms with Crippen LogP contribution in [0, 0.1) is 0 Å². The first-order valence-corrected chi connectivity index (χ1v) is 6.42. The first kappa shape index (κ1) is 18.9. The van der Waals surface area contributed by atoms with Gasteiger partial charge < -0.3 is 25.0 Å². The molecule has 2 unspecified atom stereocenters. The highest BCUT2D eigenvalue weighted by Crippen LogP contribution is 2.01. The van der Waals surface area contributed by atoms with Crippen molar-refractivity contribution in [3.63, 3.8) is 0 Å². The minimum atomic E-state index is 0. The average molecular weight is 386 g/mol. The fourth-order valence-electron chi connectivity index (χ4n) is 1.92. The lowest BCUT2D eigenvalue weighted by atomic mass is 10.3. The zero-order chi connectivity index (χ0) is 13.4. The van der Waals surface area contributed by atoms with Crippen molar-refractivity contribution in [1.82, 2.24) is 15.5 Å². The summed E-state index contributed by atoms with van der Waals surface area (Å²) in [5, 5.41) is 6.54. The summed E-state index contributed by atoms with van der Waals surface area (Å²) in [7, 11) is 5.58. The van der Waals surface area contributed by atoms with E-state index in [9.17, 15) is 0 Å². The van der Waals surface area contributed by atoms with Gasteiger partial charge in [0.2, 0.25) is 0 Å². The van der Waals surface area contributed by atoms with Gasteiger partial charge in [0.25, 0.3) is 0 Å². The summed E-state index contributed by atoms with van der Waals surface area (Å²) in [6, 6.07) is 0.233. The molecule has 1 rings (SSSR count). The molecule has 0 aromatic carbocycles. The topological polar surface area (TPSA) is 58.1 Å². The molecule has 19 heavy (non-hydrogen) atoms. The first-order chi connectivity index (χ1) is 8.65. The van der Waals surface area contributed by atoms with Gasteiger partial charge in [-0.3, -0.25) is 4.99 Å². The number of halogens is 1.